The van der Waals surface area contributed by atoms with Crippen molar-refractivity contribution >= 4 is 27.9 Å². The second-order valence-electron chi connectivity index (χ2n) is 12.9. The standard InChI is InChI=1S/C40H45N2O/c1-7-8-14-26-42-35-25-23-31(43-6)27-34(35)40(4,28-29-16-10-9-11-17-29)37(42)21-15-20-36-39(2,3)33-24-22-30-18-12-13-19-32(30)38(33)41(36)5/h9-13,15-25,27H,7-8,14,26,28H2,1-6H3/q+1. The molecule has 1 unspecified atom stereocenters. The van der Waals surface area contributed by atoms with Gasteiger partial charge in [-0.1, -0.05) is 86.5 Å². The predicted molar refractivity (Wildman–Crippen MR) is 182 cm³/mol. The summed E-state index contributed by atoms with van der Waals surface area (Å²) in [6, 6.07) is 30.9. The van der Waals surface area contributed by atoms with Crippen molar-refractivity contribution in [2.75, 3.05) is 25.6 Å². The lowest BCUT2D eigenvalue weighted by molar-refractivity contribution is -0.399. The molecular formula is C40H45N2O+. The van der Waals surface area contributed by atoms with Gasteiger partial charge in [0.25, 0.3) is 0 Å². The molecular weight excluding hydrogens is 524 g/mol. The molecule has 43 heavy (non-hydrogen) atoms. The number of nitrogens with zero attached hydrogens (tertiary/aromatic N) is 2. The lowest BCUT2D eigenvalue weighted by Gasteiger charge is -2.30. The lowest BCUT2D eigenvalue weighted by Crippen LogP contribution is -2.31. The summed E-state index contributed by atoms with van der Waals surface area (Å²) in [6.07, 6.45) is 11.6. The van der Waals surface area contributed by atoms with E-state index in [1.54, 1.807) is 7.11 Å². The molecule has 0 amide bonds. The Balaban J connectivity index is 1.46. The lowest BCUT2D eigenvalue weighted by atomic mass is 9.76. The van der Waals surface area contributed by atoms with Gasteiger partial charge in [-0.3, -0.25) is 0 Å². The van der Waals surface area contributed by atoms with E-state index in [4.69, 9.17) is 4.74 Å². The molecule has 0 radical (unpaired) electrons. The van der Waals surface area contributed by atoms with Crippen LogP contribution >= 0.6 is 0 Å². The maximum absolute atomic E-state index is 5.74. The van der Waals surface area contributed by atoms with Crippen LogP contribution in [0.4, 0.5) is 11.4 Å². The zero-order valence-electron chi connectivity index (χ0n) is 26.7. The Hall–Kier alpha value is -4.11. The maximum Gasteiger partial charge on any atom is 0.217 e. The zero-order valence-corrected chi connectivity index (χ0v) is 26.7. The van der Waals surface area contributed by atoms with Gasteiger partial charge < -0.3 is 9.64 Å². The fourth-order valence-electron chi connectivity index (χ4n) is 7.46. The molecule has 220 valence electrons. The second kappa shape index (κ2) is 11.5. The number of anilines is 1. The number of unbranched alkanes of at least 4 members (excludes halogenated alkanes) is 2. The zero-order chi connectivity index (χ0) is 30.2. The highest BCUT2D eigenvalue weighted by Crippen LogP contribution is 2.51. The molecule has 0 fully saturated rings. The smallest absolute Gasteiger partial charge is 0.217 e. The van der Waals surface area contributed by atoms with Crippen LogP contribution in [0.5, 0.6) is 5.75 Å². The van der Waals surface area contributed by atoms with Crippen molar-refractivity contribution in [3.63, 3.8) is 0 Å². The number of methoxy groups -OCH3 is 1. The third-order valence-electron chi connectivity index (χ3n) is 9.75. The summed E-state index contributed by atoms with van der Waals surface area (Å²) in [6.45, 7) is 10.4. The van der Waals surface area contributed by atoms with Crippen molar-refractivity contribution in [1.82, 2.24) is 0 Å². The number of rotatable bonds is 9. The van der Waals surface area contributed by atoms with Crippen molar-refractivity contribution in [2.24, 2.45) is 0 Å². The molecule has 0 saturated carbocycles. The molecule has 0 bridgehead atoms. The van der Waals surface area contributed by atoms with Crippen LogP contribution in [0.2, 0.25) is 0 Å². The average molecular weight is 570 g/mol. The average Bonchev–Trinajstić information content (AvgIpc) is 3.36. The van der Waals surface area contributed by atoms with E-state index in [2.05, 4.69) is 147 Å². The largest absolute Gasteiger partial charge is 0.497 e. The maximum atomic E-state index is 5.74. The van der Waals surface area contributed by atoms with Crippen LogP contribution < -0.4 is 9.64 Å². The molecule has 0 aromatic heterocycles. The molecule has 0 N–H and O–H groups in total. The second-order valence-corrected chi connectivity index (χ2v) is 12.9. The first-order valence-electron chi connectivity index (χ1n) is 15.8. The molecule has 2 aliphatic heterocycles. The minimum atomic E-state index is -0.192. The summed E-state index contributed by atoms with van der Waals surface area (Å²) < 4.78 is 8.14. The van der Waals surface area contributed by atoms with Gasteiger partial charge in [-0.15, -0.1) is 0 Å². The van der Waals surface area contributed by atoms with E-state index in [0.717, 1.165) is 18.7 Å². The van der Waals surface area contributed by atoms with Crippen LogP contribution in [0.1, 0.15) is 63.6 Å². The minimum Gasteiger partial charge on any atom is -0.497 e. The Morgan fingerprint density at radius 3 is 2.40 bits per heavy atom. The SMILES string of the molecule is CCCCCN1C(=CC=CC2=[N+](C)c3c(ccc4ccccc34)C2(C)C)C(C)(Cc2ccccc2)c2cc(OC)ccc21. The first-order chi connectivity index (χ1) is 20.8. The summed E-state index contributed by atoms with van der Waals surface area (Å²) >= 11 is 0. The first kappa shape index (κ1) is 29.0. The quantitative estimate of drug-likeness (QED) is 0.147. The van der Waals surface area contributed by atoms with Gasteiger partial charge >= 0.3 is 0 Å². The number of allylic oxidation sites excluding steroid dienone is 4. The molecule has 0 saturated heterocycles. The number of ether oxygens (including phenoxy) is 1. The van der Waals surface area contributed by atoms with E-state index in [1.807, 2.05) is 0 Å². The Bertz CT molecular complexity index is 1740. The van der Waals surface area contributed by atoms with Gasteiger partial charge in [0.1, 0.15) is 12.8 Å². The normalized spacial score (nSPS) is 20.0. The summed E-state index contributed by atoms with van der Waals surface area (Å²) in [4.78, 5) is 2.58. The van der Waals surface area contributed by atoms with E-state index in [-0.39, 0.29) is 10.8 Å². The Morgan fingerprint density at radius 1 is 0.860 bits per heavy atom. The van der Waals surface area contributed by atoms with Crippen LogP contribution in [0, 0.1) is 0 Å². The summed E-state index contributed by atoms with van der Waals surface area (Å²) in [5.41, 5.74) is 9.09. The van der Waals surface area contributed by atoms with Crippen molar-refractivity contribution in [2.45, 2.75) is 64.2 Å². The molecule has 0 aliphatic carbocycles. The van der Waals surface area contributed by atoms with Crippen molar-refractivity contribution in [1.29, 1.82) is 0 Å². The molecule has 3 heteroatoms. The number of benzene rings is 4. The van der Waals surface area contributed by atoms with Crippen LogP contribution in [-0.2, 0) is 17.3 Å². The molecule has 1 atom stereocenters. The fraction of sp³-hybridized carbons (Fsp3) is 0.325. The Labute approximate surface area is 257 Å². The predicted octanol–water partition coefficient (Wildman–Crippen LogP) is 9.51. The van der Waals surface area contributed by atoms with Crippen molar-refractivity contribution in [3.05, 3.63) is 126 Å². The van der Waals surface area contributed by atoms with Crippen molar-refractivity contribution < 1.29 is 9.31 Å². The van der Waals surface area contributed by atoms with Gasteiger partial charge in [0, 0.05) is 35.0 Å². The summed E-state index contributed by atoms with van der Waals surface area (Å²) in [5, 5.41) is 2.60. The Kier molecular flexibility index (Phi) is 7.77. The Morgan fingerprint density at radius 2 is 1.63 bits per heavy atom. The van der Waals surface area contributed by atoms with E-state index >= 15 is 0 Å². The molecule has 4 aromatic rings. The van der Waals surface area contributed by atoms with Gasteiger partial charge in [-0.25, -0.2) is 0 Å². The molecule has 3 nitrogen and oxygen atoms in total. The summed E-state index contributed by atoms with van der Waals surface area (Å²) in [7, 11) is 3.99. The molecule has 6 rings (SSSR count). The number of hydrogen-bond acceptors (Lipinski definition) is 2. The third-order valence-corrected chi connectivity index (χ3v) is 9.75. The topological polar surface area (TPSA) is 15.5 Å². The number of fused-ring (bicyclic) bond motifs is 4. The van der Waals surface area contributed by atoms with E-state index in [0.29, 0.717) is 0 Å². The molecule has 0 spiro atoms. The van der Waals surface area contributed by atoms with E-state index < -0.39 is 0 Å². The molecule has 2 aliphatic rings. The third kappa shape index (κ3) is 4.99. The highest BCUT2D eigenvalue weighted by Gasteiger charge is 2.45. The molecule has 2 heterocycles. The minimum absolute atomic E-state index is 0.0940. The van der Waals surface area contributed by atoms with E-state index in [1.165, 1.54) is 69.5 Å². The van der Waals surface area contributed by atoms with Crippen LogP contribution in [0.15, 0.2) is 109 Å². The number of hydrogen-bond donors (Lipinski definition) is 0. The summed E-state index contributed by atoms with van der Waals surface area (Å²) in [5.74, 6) is 0.915. The molecule has 4 aromatic carbocycles. The van der Waals surface area contributed by atoms with E-state index in [9.17, 15) is 0 Å². The van der Waals surface area contributed by atoms with Crippen LogP contribution in [0.25, 0.3) is 10.8 Å². The highest BCUT2D eigenvalue weighted by molar-refractivity contribution is 6.07. The van der Waals surface area contributed by atoms with Gasteiger partial charge in [0.05, 0.1) is 17.9 Å². The highest BCUT2D eigenvalue weighted by atomic mass is 16.5. The van der Waals surface area contributed by atoms with Gasteiger partial charge in [0.2, 0.25) is 5.69 Å². The monoisotopic (exact) mass is 569 g/mol. The van der Waals surface area contributed by atoms with Crippen molar-refractivity contribution in [3.8, 4) is 5.75 Å². The van der Waals surface area contributed by atoms with Gasteiger partial charge in [0.15, 0.2) is 5.71 Å². The van der Waals surface area contributed by atoms with Gasteiger partial charge in [-0.2, -0.15) is 4.58 Å². The fourth-order valence-corrected chi connectivity index (χ4v) is 7.46. The first-order valence-corrected chi connectivity index (χ1v) is 15.8. The van der Waals surface area contributed by atoms with Crippen LogP contribution in [-0.4, -0.2) is 31.0 Å². The van der Waals surface area contributed by atoms with Crippen LogP contribution in [0.3, 0.4) is 0 Å². The van der Waals surface area contributed by atoms with Gasteiger partial charge in [-0.05, 0) is 80.5 Å².